The maximum Gasteiger partial charge on any atom is 0.115 e. The predicted octanol–water partition coefficient (Wildman–Crippen LogP) is 1.98. The molecule has 0 aliphatic rings. The first kappa shape index (κ1) is 8.18. The third-order valence-corrected chi connectivity index (χ3v) is 1.48. The summed E-state index contributed by atoms with van der Waals surface area (Å²) < 4.78 is 0. The van der Waals surface area contributed by atoms with Gasteiger partial charge >= 0.3 is 0 Å². The largest absolute Gasteiger partial charge is 0.242 e. The van der Waals surface area contributed by atoms with Gasteiger partial charge in [-0.15, -0.1) is 0 Å². The van der Waals surface area contributed by atoms with Crippen LogP contribution in [0.3, 0.4) is 0 Å². The average Bonchev–Trinajstić information content (AvgIpc) is 1.85. The van der Waals surface area contributed by atoms with Crippen LogP contribution in [0.25, 0.3) is 0 Å². The highest BCUT2D eigenvalue weighted by molar-refractivity contribution is 5.06. The third-order valence-electron chi connectivity index (χ3n) is 1.48. The molecule has 0 unspecified atom stereocenters. The molecular weight excluding hydrogens is 136 g/mol. The van der Waals surface area contributed by atoms with Crippen LogP contribution in [-0.2, 0) is 6.42 Å². The van der Waals surface area contributed by atoms with E-state index < -0.39 is 0 Å². The fourth-order valence-corrected chi connectivity index (χ4v) is 1.04. The summed E-state index contributed by atoms with van der Waals surface area (Å²) in [4.78, 5) is 8.20. The van der Waals surface area contributed by atoms with Gasteiger partial charge in [-0.1, -0.05) is 13.8 Å². The molecule has 2 nitrogen and oxygen atoms in total. The van der Waals surface area contributed by atoms with Gasteiger partial charge in [-0.2, -0.15) is 0 Å². The zero-order valence-electron chi connectivity index (χ0n) is 7.33. The van der Waals surface area contributed by atoms with E-state index in [0.717, 1.165) is 17.8 Å². The monoisotopic (exact) mass is 150 g/mol. The Balaban J connectivity index is 2.71. The highest BCUT2D eigenvalue weighted by Gasteiger charge is 1.98. The van der Waals surface area contributed by atoms with Crippen LogP contribution >= 0.6 is 0 Å². The standard InChI is InChI=1S/C9H14N2/c1-7(2)4-9-5-8(3)10-6-11-9/h5-7H,4H2,1-3H3. The van der Waals surface area contributed by atoms with Crippen molar-refractivity contribution in [1.82, 2.24) is 9.97 Å². The molecule has 60 valence electrons. The van der Waals surface area contributed by atoms with Crippen molar-refractivity contribution in [3.63, 3.8) is 0 Å². The average molecular weight is 150 g/mol. The molecule has 0 spiro atoms. The van der Waals surface area contributed by atoms with E-state index in [-0.39, 0.29) is 0 Å². The second kappa shape index (κ2) is 3.46. The number of rotatable bonds is 2. The normalized spacial score (nSPS) is 10.5. The molecule has 0 radical (unpaired) electrons. The van der Waals surface area contributed by atoms with Gasteiger partial charge in [-0.3, -0.25) is 0 Å². The first-order chi connectivity index (χ1) is 5.18. The Bertz CT molecular complexity index is 231. The zero-order chi connectivity index (χ0) is 8.27. The molecule has 1 aromatic heterocycles. The fourth-order valence-electron chi connectivity index (χ4n) is 1.04. The molecule has 2 heteroatoms. The quantitative estimate of drug-likeness (QED) is 0.644. The Morgan fingerprint density at radius 2 is 2.09 bits per heavy atom. The van der Waals surface area contributed by atoms with E-state index in [1.54, 1.807) is 6.33 Å². The van der Waals surface area contributed by atoms with E-state index in [4.69, 9.17) is 0 Å². The van der Waals surface area contributed by atoms with Gasteiger partial charge in [-0.05, 0) is 25.3 Å². The zero-order valence-corrected chi connectivity index (χ0v) is 7.33. The molecule has 11 heavy (non-hydrogen) atoms. The summed E-state index contributed by atoms with van der Waals surface area (Å²) in [6.07, 6.45) is 2.68. The molecule has 0 aliphatic heterocycles. The van der Waals surface area contributed by atoms with Gasteiger partial charge in [-0.25, -0.2) is 9.97 Å². The van der Waals surface area contributed by atoms with Crippen molar-refractivity contribution in [3.8, 4) is 0 Å². The van der Waals surface area contributed by atoms with Crippen molar-refractivity contribution in [3.05, 3.63) is 23.8 Å². The summed E-state index contributed by atoms with van der Waals surface area (Å²) in [5.74, 6) is 0.671. The van der Waals surface area contributed by atoms with Crippen molar-refractivity contribution < 1.29 is 0 Å². The summed E-state index contributed by atoms with van der Waals surface area (Å²) in [5, 5.41) is 0. The summed E-state index contributed by atoms with van der Waals surface area (Å²) in [6, 6.07) is 2.04. The molecule has 0 amide bonds. The lowest BCUT2D eigenvalue weighted by Crippen LogP contribution is -1.98. The minimum atomic E-state index is 0.671. The number of hydrogen-bond acceptors (Lipinski definition) is 2. The van der Waals surface area contributed by atoms with E-state index in [9.17, 15) is 0 Å². The van der Waals surface area contributed by atoms with Gasteiger partial charge in [0.25, 0.3) is 0 Å². The molecule has 0 N–H and O–H groups in total. The molecule has 0 atom stereocenters. The van der Waals surface area contributed by atoms with E-state index in [1.807, 2.05) is 13.0 Å². The van der Waals surface area contributed by atoms with Gasteiger partial charge in [0.05, 0.1) is 0 Å². The summed E-state index contributed by atoms with van der Waals surface area (Å²) in [6.45, 7) is 6.38. The number of nitrogens with zero attached hydrogens (tertiary/aromatic N) is 2. The maximum absolute atomic E-state index is 4.17. The first-order valence-electron chi connectivity index (χ1n) is 3.96. The van der Waals surface area contributed by atoms with Crippen LogP contribution in [0.5, 0.6) is 0 Å². The Labute approximate surface area is 67.7 Å². The fraction of sp³-hybridized carbons (Fsp3) is 0.556. The molecule has 0 aliphatic carbocycles. The molecular formula is C9H14N2. The molecule has 1 aromatic rings. The van der Waals surface area contributed by atoms with Crippen LogP contribution in [0, 0.1) is 12.8 Å². The minimum Gasteiger partial charge on any atom is -0.242 e. The van der Waals surface area contributed by atoms with Crippen LogP contribution in [0.15, 0.2) is 12.4 Å². The highest BCUT2D eigenvalue weighted by atomic mass is 14.8. The Morgan fingerprint density at radius 3 is 2.64 bits per heavy atom. The van der Waals surface area contributed by atoms with Crippen LogP contribution in [0.2, 0.25) is 0 Å². The minimum absolute atomic E-state index is 0.671. The molecule has 1 rings (SSSR count). The van der Waals surface area contributed by atoms with Crippen molar-refractivity contribution in [2.24, 2.45) is 5.92 Å². The van der Waals surface area contributed by atoms with Gasteiger partial charge in [0.1, 0.15) is 6.33 Å². The molecule has 0 saturated heterocycles. The molecule has 0 aromatic carbocycles. The van der Waals surface area contributed by atoms with E-state index in [1.165, 1.54) is 0 Å². The second-order valence-electron chi connectivity index (χ2n) is 3.25. The van der Waals surface area contributed by atoms with E-state index >= 15 is 0 Å². The van der Waals surface area contributed by atoms with Crippen molar-refractivity contribution >= 4 is 0 Å². The Hall–Kier alpha value is -0.920. The van der Waals surface area contributed by atoms with Crippen LogP contribution in [0.1, 0.15) is 25.2 Å². The van der Waals surface area contributed by atoms with Gasteiger partial charge < -0.3 is 0 Å². The summed E-state index contributed by atoms with van der Waals surface area (Å²) in [5.41, 5.74) is 2.20. The lowest BCUT2D eigenvalue weighted by atomic mass is 10.1. The second-order valence-corrected chi connectivity index (χ2v) is 3.25. The molecule has 0 saturated carbocycles. The van der Waals surface area contributed by atoms with Crippen LogP contribution in [-0.4, -0.2) is 9.97 Å². The maximum atomic E-state index is 4.17. The lowest BCUT2D eigenvalue weighted by Gasteiger charge is -2.02. The molecule has 1 heterocycles. The van der Waals surface area contributed by atoms with Gasteiger partial charge in [0.15, 0.2) is 0 Å². The lowest BCUT2D eigenvalue weighted by molar-refractivity contribution is 0.633. The molecule has 0 bridgehead atoms. The topological polar surface area (TPSA) is 25.8 Å². The summed E-state index contributed by atoms with van der Waals surface area (Å²) in [7, 11) is 0. The smallest absolute Gasteiger partial charge is 0.115 e. The number of aryl methyl sites for hydroxylation is 1. The number of hydrogen-bond donors (Lipinski definition) is 0. The SMILES string of the molecule is Cc1cc(CC(C)C)ncn1. The van der Waals surface area contributed by atoms with E-state index in [2.05, 4.69) is 23.8 Å². The Morgan fingerprint density at radius 1 is 1.36 bits per heavy atom. The van der Waals surface area contributed by atoms with Gasteiger partial charge in [0, 0.05) is 11.4 Å². The summed E-state index contributed by atoms with van der Waals surface area (Å²) >= 11 is 0. The van der Waals surface area contributed by atoms with Crippen LogP contribution in [0.4, 0.5) is 0 Å². The van der Waals surface area contributed by atoms with Crippen LogP contribution < -0.4 is 0 Å². The van der Waals surface area contributed by atoms with E-state index in [0.29, 0.717) is 5.92 Å². The third kappa shape index (κ3) is 2.66. The number of aromatic nitrogens is 2. The van der Waals surface area contributed by atoms with Crippen molar-refractivity contribution in [2.45, 2.75) is 27.2 Å². The highest BCUT2D eigenvalue weighted by Crippen LogP contribution is 2.04. The predicted molar refractivity (Wildman–Crippen MR) is 45.3 cm³/mol. The molecule has 0 fully saturated rings. The Kier molecular flexibility index (Phi) is 2.58. The van der Waals surface area contributed by atoms with Crippen molar-refractivity contribution in [1.29, 1.82) is 0 Å². The van der Waals surface area contributed by atoms with Gasteiger partial charge in [0.2, 0.25) is 0 Å². The van der Waals surface area contributed by atoms with Crippen molar-refractivity contribution in [2.75, 3.05) is 0 Å². The first-order valence-corrected chi connectivity index (χ1v) is 3.96.